The Morgan fingerprint density at radius 3 is 2.24 bits per heavy atom. The van der Waals surface area contributed by atoms with Crippen molar-refractivity contribution in [1.29, 1.82) is 0 Å². The molecule has 204 valence electrons. The molecule has 8 heteroatoms. The second-order valence-corrected chi connectivity index (χ2v) is 9.32. The molecule has 4 rings (SSSR count). The molecular formula is C30H36O8. The second kappa shape index (κ2) is 13.7. The summed E-state index contributed by atoms with van der Waals surface area (Å²) in [5.74, 6) is 0.939. The molecule has 1 saturated heterocycles. The molecule has 38 heavy (non-hydrogen) atoms. The highest BCUT2D eigenvalue weighted by atomic mass is 16.7. The van der Waals surface area contributed by atoms with Gasteiger partial charge in [-0.3, -0.25) is 0 Å². The van der Waals surface area contributed by atoms with Gasteiger partial charge >= 0.3 is 0 Å². The van der Waals surface area contributed by atoms with E-state index in [0.717, 1.165) is 23.1 Å². The zero-order valence-electron chi connectivity index (χ0n) is 21.5. The summed E-state index contributed by atoms with van der Waals surface area (Å²) in [6, 6.07) is 23.6. The lowest BCUT2D eigenvalue weighted by Crippen LogP contribution is -2.60. The SMILES string of the molecule is CCc1ccc(Cc2ccc(OCCOCc3ccccc3)cc2O[C@H]2O[C@H](CO)[C@@H](O)[C@H](O)[C@H]2O)cc1. The normalized spacial score (nSPS) is 23.2. The molecule has 0 aliphatic carbocycles. The van der Waals surface area contributed by atoms with Crippen LogP contribution < -0.4 is 9.47 Å². The highest BCUT2D eigenvalue weighted by Crippen LogP contribution is 2.31. The summed E-state index contributed by atoms with van der Waals surface area (Å²) in [4.78, 5) is 0. The lowest BCUT2D eigenvalue weighted by atomic mass is 9.99. The van der Waals surface area contributed by atoms with Gasteiger partial charge in [0.2, 0.25) is 6.29 Å². The first kappa shape index (κ1) is 28.0. The Morgan fingerprint density at radius 2 is 1.53 bits per heavy atom. The van der Waals surface area contributed by atoms with E-state index in [9.17, 15) is 20.4 Å². The molecule has 3 aromatic rings. The summed E-state index contributed by atoms with van der Waals surface area (Å²) < 4.78 is 23.2. The average molecular weight is 525 g/mol. The Hall–Kier alpha value is -2.98. The molecule has 3 aromatic carbocycles. The maximum absolute atomic E-state index is 10.5. The topological polar surface area (TPSA) is 118 Å². The van der Waals surface area contributed by atoms with E-state index >= 15 is 0 Å². The van der Waals surface area contributed by atoms with Crippen LogP contribution in [0.4, 0.5) is 0 Å². The van der Waals surface area contributed by atoms with E-state index in [1.54, 1.807) is 6.07 Å². The molecule has 0 spiro atoms. The van der Waals surface area contributed by atoms with Gasteiger partial charge in [-0.2, -0.15) is 0 Å². The highest BCUT2D eigenvalue weighted by Gasteiger charge is 2.44. The van der Waals surface area contributed by atoms with Crippen molar-refractivity contribution in [2.45, 2.75) is 57.1 Å². The zero-order chi connectivity index (χ0) is 26.9. The van der Waals surface area contributed by atoms with Crippen molar-refractivity contribution in [3.63, 3.8) is 0 Å². The number of ether oxygens (including phenoxy) is 4. The third kappa shape index (κ3) is 7.32. The van der Waals surface area contributed by atoms with Crippen LogP contribution in [0.1, 0.15) is 29.2 Å². The molecule has 4 N–H and O–H groups in total. The lowest BCUT2D eigenvalue weighted by molar-refractivity contribution is -0.277. The van der Waals surface area contributed by atoms with E-state index in [2.05, 4.69) is 31.2 Å². The maximum atomic E-state index is 10.5. The van der Waals surface area contributed by atoms with Crippen molar-refractivity contribution in [1.82, 2.24) is 0 Å². The van der Waals surface area contributed by atoms with Gasteiger partial charge in [-0.05, 0) is 34.7 Å². The van der Waals surface area contributed by atoms with Crippen LogP contribution in [-0.2, 0) is 28.9 Å². The minimum Gasteiger partial charge on any atom is -0.491 e. The van der Waals surface area contributed by atoms with E-state index in [-0.39, 0.29) is 0 Å². The van der Waals surface area contributed by atoms with Crippen molar-refractivity contribution in [3.8, 4) is 11.5 Å². The molecule has 1 fully saturated rings. The Kier molecular flexibility index (Phi) is 10.1. The van der Waals surface area contributed by atoms with Crippen LogP contribution in [0.15, 0.2) is 72.8 Å². The number of benzene rings is 3. The summed E-state index contributed by atoms with van der Waals surface area (Å²) in [6.45, 7) is 2.78. The zero-order valence-corrected chi connectivity index (χ0v) is 21.5. The summed E-state index contributed by atoms with van der Waals surface area (Å²) >= 11 is 0. The lowest BCUT2D eigenvalue weighted by Gasteiger charge is -2.39. The molecule has 0 aromatic heterocycles. The third-order valence-corrected chi connectivity index (χ3v) is 6.56. The fourth-order valence-corrected chi connectivity index (χ4v) is 4.27. The predicted octanol–water partition coefficient (Wildman–Crippen LogP) is 2.61. The van der Waals surface area contributed by atoms with Crippen LogP contribution in [-0.4, -0.2) is 71.0 Å². The Morgan fingerprint density at radius 1 is 0.789 bits per heavy atom. The van der Waals surface area contributed by atoms with Gasteiger partial charge in [-0.1, -0.05) is 67.6 Å². The van der Waals surface area contributed by atoms with Crippen molar-refractivity contribution in [2.75, 3.05) is 19.8 Å². The molecule has 0 bridgehead atoms. The van der Waals surface area contributed by atoms with Gasteiger partial charge in [0.1, 0.15) is 42.5 Å². The van der Waals surface area contributed by atoms with E-state index in [1.165, 1.54) is 5.56 Å². The number of hydrogen-bond acceptors (Lipinski definition) is 8. The van der Waals surface area contributed by atoms with E-state index in [1.807, 2.05) is 42.5 Å². The third-order valence-electron chi connectivity index (χ3n) is 6.56. The monoisotopic (exact) mass is 524 g/mol. The smallest absolute Gasteiger partial charge is 0.229 e. The highest BCUT2D eigenvalue weighted by molar-refractivity contribution is 5.43. The molecule has 8 nitrogen and oxygen atoms in total. The van der Waals surface area contributed by atoms with Gasteiger partial charge in [0.25, 0.3) is 0 Å². The van der Waals surface area contributed by atoms with Crippen LogP contribution in [0.25, 0.3) is 0 Å². The summed E-state index contributed by atoms with van der Waals surface area (Å²) in [6.07, 6.45) is -5.36. The van der Waals surface area contributed by atoms with Gasteiger partial charge in [0.15, 0.2) is 0 Å². The maximum Gasteiger partial charge on any atom is 0.229 e. The van der Waals surface area contributed by atoms with Gasteiger partial charge in [0, 0.05) is 12.5 Å². The number of aliphatic hydroxyl groups is 4. The Labute approximate surface area is 223 Å². The second-order valence-electron chi connectivity index (χ2n) is 9.32. The molecule has 1 heterocycles. The number of rotatable bonds is 12. The van der Waals surface area contributed by atoms with E-state index < -0.39 is 37.3 Å². The van der Waals surface area contributed by atoms with Gasteiger partial charge < -0.3 is 39.4 Å². The summed E-state index contributed by atoms with van der Waals surface area (Å²) in [5, 5.41) is 40.3. The first-order chi connectivity index (χ1) is 18.5. The fraction of sp³-hybridized carbons (Fsp3) is 0.400. The first-order valence-electron chi connectivity index (χ1n) is 12.9. The van der Waals surface area contributed by atoms with Gasteiger partial charge in [0.05, 0.1) is 19.8 Å². The van der Waals surface area contributed by atoms with Gasteiger partial charge in [-0.25, -0.2) is 0 Å². The average Bonchev–Trinajstić information content (AvgIpc) is 2.95. The molecule has 0 amide bonds. The van der Waals surface area contributed by atoms with Crippen molar-refractivity contribution >= 4 is 0 Å². The first-order valence-corrected chi connectivity index (χ1v) is 12.9. The van der Waals surface area contributed by atoms with Crippen LogP contribution in [0.5, 0.6) is 11.5 Å². The fourth-order valence-electron chi connectivity index (χ4n) is 4.27. The quantitative estimate of drug-likeness (QED) is 0.267. The summed E-state index contributed by atoms with van der Waals surface area (Å²) in [7, 11) is 0. The van der Waals surface area contributed by atoms with Crippen LogP contribution >= 0.6 is 0 Å². The Balaban J connectivity index is 1.46. The molecule has 1 aliphatic heterocycles. The predicted molar refractivity (Wildman–Crippen MR) is 141 cm³/mol. The van der Waals surface area contributed by atoms with Gasteiger partial charge in [-0.15, -0.1) is 0 Å². The van der Waals surface area contributed by atoms with Crippen molar-refractivity contribution in [3.05, 3.63) is 95.1 Å². The molecule has 1 aliphatic rings. The van der Waals surface area contributed by atoms with Crippen molar-refractivity contribution < 1.29 is 39.4 Å². The molecule has 0 saturated carbocycles. The van der Waals surface area contributed by atoms with Crippen LogP contribution in [0.2, 0.25) is 0 Å². The minimum absolute atomic E-state index is 0.324. The van der Waals surface area contributed by atoms with E-state index in [4.69, 9.17) is 18.9 Å². The molecular weight excluding hydrogens is 488 g/mol. The standard InChI is InChI=1S/C30H36O8/c1-2-20-8-10-21(11-9-20)16-23-12-13-24(36-15-14-35-19-22-6-4-3-5-7-22)17-25(23)37-30-29(34)28(33)27(32)26(18-31)38-30/h3-13,17,26-34H,2,14-16,18-19H2,1H3/t26-,27-,28+,29-,30+/m1/s1. The largest absolute Gasteiger partial charge is 0.491 e. The Bertz CT molecular complexity index is 1120. The number of aryl methyl sites for hydroxylation is 1. The minimum atomic E-state index is -1.53. The van der Waals surface area contributed by atoms with Crippen LogP contribution in [0, 0.1) is 0 Å². The van der Waals surface area contributed by atoms with E-state index in [0.29, 0.717) is 37.7 Å². The van der Waals surface area contributed by atoms with Crippen molar-refractivity contribution in [2.24, 2.45) is 0 Å². The number of aliphatic hydroxyl groups excluding tert-OH is 4. The molecule has 5 atom stereocenters. The summed E-state index contributed by atoms with van der Waals surface area (Å²) in [5.41, 5.74) is 4.21. The van der Waals surface area contributed by atoms with Crippen LogP contribution in [0.3, 0.4) is 0 Å². The molecule has 0 unspecified atom stereocenters. The molecule has 0 radical (unpaired) electrons. The number of hydrogen-bond donors (Lipinski definition) is 4.